The maximum absolute atomic E-state index is 11.4. The molecule has 0 spiro atoms. The number of aliphatic carboxylic acids is 1. The van der Waals surface area contributed by atoms with Crippen molar-refractivity contribution in [3.63, 3.8) is 0 Å². The van der Waals surface area contributed by atoms with Gasteiger partial charge in [0.25, 0.3) is 0 Å². The zero-order chi connectivity index (χ0) is 13.8. The number of rotatable bonds is 7. The molecule has 18 heavy (non-hydrogen) atoms. The highest BCUT2D eigenvalue weighted by Crippen LogP contribution is 2.32. The van der Waals surface area contributed by atoms with Crippen LogP contribution < -0.4 is 15.4 Å². The van der Waals surface area contributed by atoms with Gasteiger partial charge in [-0.25, -0.2) is 22.7 Å². The average molecular weight is 279 g/mol. The lowest BCUT2D eigenvalue weighted by molar-refractivity contribution is -0.139. The molecule has 0 bridgehead atoms. The van der Waals surface area contributed by atoms with Crippen molar-refractivity contribution in [1.82, 2.24) is 15.4 Å². The molecule has 1 fully saturated rings. The van der Waals surface area contributed by atoms with E-state index in [1.807, 2.05) is 0 Å². The summed E-state index contributed by atoms with van der Waals surface area (Å²) in [5, 5.41) is 13.6. The van der Waals surface area contributed by atoms with Crippen molar-refractivity contribution < 1.29 is 23.1 Å². The summed E-state index contributed by atoms with van der Waals surface area (Å²) < 4.78 is 23.6. The molecule has 9 heteroatoms. The Morgan fingerprint density at radius 2 is 1.94 bits per heavy atom. The maximum atomic E-state index is 11.4. The highest BCUT2D eigenvalue weighted by molar-refractivity contribution is 7.88. The molecule has 1 rings (SSSR count). The molecule has 4 N–H and O–H groups in total. The molecule has 1 aliphatic rings. The highest BCUT2D eigenvalue weighted by atomic mass is 32.2. The molecule has 1 saturated carbocycles. The number of carbonyl (C=O) groups is 2. The molecule has 104 valence electrons. The van der Waals surface area contributed by atoms with Crippen LogP contribution in [-0.4, -0.2) is 50.9 Å². The number of hydrogen-bond acceptors (Lipinski definition) is 4. The first kappa shape index (κ1) is 14.7. The fraction of sp³-hybridized carbons (Fsp3) is 0.778. The van der Waals surface area contributed by atoms with Gasteiger partial charge in [0.05, 0.1) is 6.26 Å². The maximum Gasteiger partial charge on any atom is 0.326 e. The van der Waals surface area contributed by atoms with Gasteiger partial charge in [-0.1, -0.05) is 0 Å². The van der Waals surface area contributed by atoms with Crippen LogP contribution in [0.2, 0.25) is 0 Å². The second-order valence-corrected chi connectivity index (χ2v) is 6.05. The summed E-state index contributed by atoms with van der Waals surface area (Å²) in [6, 6.07) is -1.47. The van der Waals surface area contributed by atoms with E-state index in [0.717, 1.165) is 19.1 Å². The summed E-state index contributed by atoms with van der Waals surface area (Å²) in [7, 11) is -3.28. The fourth-order valence-corrected chi connectivity index (χ4v) is 1.89. The normalized spacial score (nSPS) is 16.9. The fourth-order valence-electron chi connectivity index (χ4n) is 1.42. The molecular weight excluding hydrogens is 262 g/mol. The van der Waals surface area contributed by atoms with Gasteiger partial charge in [0, 0.05) is 13.1 Å². The lowest BCUT2D eigenvalue weighted by Gasteiger charge is -2.14. The minimum atomic E-state index is -3.28. The van der Waals surface area contributed by atoms with Gasteiger partial charge in [-0.05, 0) is 18.8 Å². The number of carbonyl (C=O) groups excluding carboxylic acids is 1. The van der Waals surface area contributed by atoms with Crippen LogP contribution in [0.4, 0.5) is 4.79 Å². The predicted octanol–water partition coefficient (Wildman–Crippen LogP) is -1.30. The van der Waals surface area contributed by atoms with E-state index in [1.165, 1.54) is 0 Å². The number of hydrogen-bond donors (Lipinski definition) is 4. The van der Waals surface area contributed by atoms with Gasteiger partial charge in [-0.15, -0.1) is 0 Å². The van der Waals surface area contributed by atoms with E-state index in [1.54, 1.807) is 0 Å². The topological polar surface area (TPSA) is 125 Å². The zero-order valence-electron chi connectivity index (χ0n) is 9.97. The van der Waals surface area contributed by atoms with Gasteiger partial charge >= 0.3 is 12.0 Å². The van der Waals surface area contributed by atoms with Crippen LogP contribution in [0.15, 0.2) is 0 Å². The van der Waals surface area contributed by atoms with E-state index in [9.17, 15) is 18.0 Å². The van der Waals surface area contributed by atoms with Crippen molar-refractivity contribution >= 4 is 22.0 Å². The standard InChI is InChI=1S/C9H17N3O5S/c1-18(16,17)11-5-4-10-9(15)12-7(8(13)14)6-2-3-6/h6-7,11H,2-5H2,1H3,(H,13,14)(H2,10,12,15). The first-order valence-electron chi connectivity index (χ1n) is 5.51. The molecule has 1 aliphatic carbocycles. The van der Waals surface area contributed by atoms with Gasteiger partial charge in [-0.3, -0.25) is 0 Å². The monoisotopic (exact) mass is 279 g/mol. The molecule has 8 nitrogen and oxygen atoms in total. The molecule has 1 atom stereocenters. The molecule has 0 aliphatic heterocycles. The van der Waals surface area contributed by atoms with Crippen molar-refractivity contribution in [2.24, 2.45) is 5.92 Å². The van der Waals surface area contributed by atoms with Crippen molar-refractivity contribution in [3.05, 3.63) is 0 Å². The SMILES string of the molecule is CS(=O)(=O)NCCNC(=O)NC(C(=O)O)C1CC1. The summed E-state index contributed by atoms with van der Waals surface area (Å²) >= 11 is 0. The molecule has 0 radical (unpaired) electrons. The second-order valence-electron chi connectivity index (χ2n) is 4.22. The number of sulfonamides is 1. The van der Waals surface area contributed by atoms with Gasteiger partial charge in [-0.2, -0.15) is 0 Å². The molecule has 0 aromatic carbocycles. The third kappa shape index (κ3) is 5.82. The molecule has 0 aromatic heterocycles. The summed E-state index contributed by atoms with van der Waals surface area (Å²) in [5.41, 5.74) is 0. The summed E-state index contributed by atoms with van der Waals surface area (Å²) in [6.45, 7) is 0.156. The van der Waals surface area contributed by atoms with Crippen LogP contribution in [0.25, 0.3) is 0 Å². The molecule has 0 aromatic rings. The molecule has 2 amide bonds. The Morgan fingerprint density at radius 3 is 2.39 bits per heavy atom. The molecule has 0 saturated heterocycles. The first-order valence-corrected chi connectivity index (χ1v) is 7.40. The number of amides is 2. The van der Waals surface area contributed by atoms with Crippen molar-refractivity contribution in [2.45, 2.75) is 18.9 Å². The molecule has 1 unspecified atom stereocenters. The lowest BCUT2D eigenvalue weighted by Crippen LogP contribution is -2.48. The molecule has 0 heterocycles. The quantitative estimate of drug-likeness (QED) is 0.431. The van der Waals surface area contributed by atoms with Crippen LogP contribution in [0.5, 0.6) is 0 Å². The Hall–Kier alpha value is -1.35. The summed E-state index contributed by atoms with van der Waals surface area (Å²) in [6.07, 6.45) is 2.61. The second kappa shape index (κ2) is 6.01. The van der Waals surface area contributed by atoms with Crippen LogP contribution >= 0.6 is 0 Å². The van der Waals surface area contributed by atoms with E-state index in [4.69, 9.17) is 5.11 Å². The van der Waals surface area contributed by atoms with Gasteiger partial charge in [0.15, 0.2) is 0 Å². The van der Waals surface area contributed by atoms with Crippen LogP contribution in [-0.2, 0) is 14.8 Å². The average Bonchev–Trinajstić information content (AvgIpc) is 3.03. The van der Waals surface area contributed by atoms with Crippen LogP contribution in [0, 0.1) is 5.92 Å². The Kier molecular flexibility index (Phi) is 4.91. The van der Waals surface area contributed by atoms with Crippen molar-refractivity contribution in [2.75, 3.05) is 19.3 Å². The zero-order valence-corrected chi connectivity index (χ0v) is 10.8. The van der Waals surface area contributed by atoms with Gasteiger partial charge in [0.1, 0.15) is 6.04 Å². The van der Waals surface area contributed by atoms with Crippen molar-refractivity contribution in [1.29, 1.82) is 0 Å². The van der Waals surface area contributed by atoms with Gasteiger partial charge < -0.3 is 15.7 Å². The van der Waals surface area contributed by atoms with E-state index in [0.29, 0.717) is 0 Å². The Morgan fingerprint density at radius 1 is 1.33 bits per heavy atom. The van der Waals surface area contributed by atoms with Crippen LogP contribution in [0.3, 0.4) is 0 Å². The minimum absolute atomic E-state index is 0.00222. The van der Waals surface area contributed by atoms with Gasteiger partial charge in [0.2, 0.25) is 10.0 Å². The Balaban J connectivity index is 2.22. The van der Waals surface area contributed by atoms with Crippen molar-refractivity contribution in [3.8, 4) is 0 Å². The number of urea groups is 1. The molecular formula is C9H17N3O5S. The number of carboxylic acids is 1. The summed E-state index contributed by atoms with van der Waals surface area (Å²) in [4.78, 5) is 22.2. The Labute approximate surface area is 105 Å². The highest BCUT2D eigenvalue weighted by Gasteiger charge is 2.37. The van der Waals surface area contributed by atoms with E-state index < -0.39 is 28.1 Å². The van der Waals surface area contributed by atoms with E-state index >= 15 is 0 Å². The first-order chi connectivity index (χ1) is 8.29. The lowest BCUT2D eigenvalue weighted by atomic mass is 10.2. The largest absolute Gasteiger partial charge is 0.480 e. The summed E-state index contributed by atoms with van der Waals surface area (Å²) in [5.74, 6) is -1.05. The van der Waals surface area contributed by atoms with E-state index in [2.05, 4.69) is 15.4 Å². The smallest absolute Gasteiger partial charge is 0.326 e. The number of nitrogens with one attached hydrogen (secondary N) is 3. The van der Waals surface area contributed by atoms with Crippen LogP contribution in [0.1, 0.15) is 12.8 Å². The minimum Gasteiger partial charge on any atom is -0.480 e. The third-order valence-corrected chi connectivity index (χ3v) is 3.15. The predicted molar refractivity (Wildman–Crippen MR) is 63.5 cm³/mol. The third-order valence-electron chi connectivity index (χ3n) is 2.42. The van der Waals surface area contributed by atoms with E-state index in [-0.39, 0.29) is 19.0 Å². The number of carboxylic acid groups (broad SMARTS) is 1. The Bertz CT molecular complexity index is 418.